The molecule has 1 aliphatic heterocycles. The van der Waals surface area contributed by atoms with Crippen molar-refractivity contribution < 1.29 is 9.53 Å². The summed E-state index contributed by atoms with van der Waals surface area (Å²) >= 11 is 7.58. The Kier molecular flexibility index (Phi) is 6.12. The highest BCUT2D eigenvalue weighted by molar-refractivity contribution is 7.10. The smallest absolute Gasteiger partial charge is 0.410 e. The van der Waals surface area contributed by atoms with Gasteiger partial charge < -0.3 is 15.0 Å². The molecule has 124 valence electrons. The monoisotopic (exact) mass is 344 g/mol. The van der Waals surface area contributed by atoms with Crippen LogP contribution in [0.4, 0.5) is 4.79 Å². The molecule has 0 aliphatic carbocycles. The van der Waals surface area contributed by atoms with Crippen LogP contribution in [0.2, 0.25) is 5.02 Å². The molecule has 1 atom stereocenters. The third kappa shape index (κ3) is 5.45. The van der Waals surface area contributed by atoms with Crippen LogP contribution in [0.5, 0.6) is 0 Å². The summed E-state index contributed by atoms with van der Waals surface area (Å²) in [6.07, 6.45) is 3.04. The van der Waals surface area contributed by atoms with Crippen LogP contribution in [-0.4, -0.2) is 35.7 Å². The number of hydrogen-bond donors (Lipinski definition) is 1. The van der Waals surface area contributed by atoms with E-state index in [9.17, 15) is 4.79 Å². The lowest BCUT2D eigenvalue weighted by Gasteiger charge is -2.36. The number of carbonyl (C=O) groups is 1. The predicted molar refractivity (Wildman–Crippen MR) is 91.6 cm³/mol. The molecule has 0 spiro atoms. The summed E-state index contributed by atoms with van der Waals surface area (Å²) in [7, 11) is 0. The first-order valence-electron chi connectivity index (χ1n) is 7.78. The SMILES string of the molecule is CC(C)(C)OC(=O)N1CCCCC1CNCc1cc(Cl)cs1. The maximum Gasteiger partial charge on any atom is 0.410 e. The number of piperidine rings is 1. The Balaban J connectivity index is 1.85. The van der Waals surface area contributed by atoms with E-state index in [0.717, 1.165) is 43.9 Å². The van der Waals surface area contributed by atoms with Crippen molar-refractivity contribution >= 4 is 29.0 Å². The van der Waals surface area contributed by atoms with Crippen LogP contribution in [0.3, 0.4) is 0 Å². The zero-order valence-electron chi connectivity index (χ0n) is 13.5. The van der Waals surface area contributed by atoms with Crippen molar-refractivity contribution in [2.24, 2.45) is 0 Å². The van der Waals surface area contributed by atoms with E-state index in [4.69, 9.17) is 16.3 Å². The summed E-state index contributed by atoms with van der Waals surface area (Å²) in [6.45, 7) is 8.07. The van der Waals surface area contributed by atoms with Gasteiger partial charge in [0.05, 0.1) is 5.02 Å². The molecule has 1 aromatic heterocycles. The van der Waals surface area contributed by atoms with Crippen molar-refractivity contribution in [2.75, 3.05) is 13.1 Å². The quantitative estimate of drug-likeness (QED) is 0.886. The number of amides is 1. The molecule has 1 N–H and O–H groups in total. The topological polar surface area (TPSA) is 41.6 Å². The van der Waals surface area contributed by atoms with Crippen molar-refractivity contribution in [3.8, 4) is 0 Å². The average molecular weight is 345 g/mol. The molecule has 0 radical (unpaired) electrons. The third-order valence-electron chi connectivity index (χ3n) is 3.56. The second-order valence-electron chi connectivity index (χ2n) is 6.69. The Hall–Kier alpha value is -0.780. The van der Waals surface area contributed by atoms with Crippen LogP contribution in [0.15, 0.2) is 11.4 Å². The Labute approximate surface area is 141 Å². The third-order valence-corrected chi connectivity index (χ3v) is 4.84. The molecule has 1 fully saturated rings. The molecule has 1 saturated heterocycles. The van der Waals surface area contributed by atoms with Crippen LogP contribution in [0.25, 0.3) is 0 Å². The van der Waals surface area contributed by atoms with E-state index in [1.165, 1.54) is 4.88 Å². The summed E-state index contributed by atoms with van der Waals surface area (Å²) in [6, 6.07) is 2.19. The van der Waals surface area contributed by atoms with Gasteiger partial charge in [0.25, 0.3) is 0 Å². The minimum Gasteiger partial charge on any atom is -0.444 e. The van der Waals surface area contributed by atoms with Crippen LogP contribution in [0.1, 0.15) is 44.9 Å². The zero-order valence-corrected chi connectivity index (χ0v) is 15.1. The largest absolute Gasteiger partial charge is 0.444 e. The Morgan fingerprint density at radius 1 is 1.50 bits per heavy atom. The molecule has 1 unspecified atom stereocenters. The minimum atomic E-state index is -0.444. The van der Waals surface area contributed by atoms with Crippen LogP contribution in [-0.2, 0) is 11.3 Å². The molecular weight excluding hydrogens is 320 g/mol. The lowest BCUT2D eigenvalue weighted by Crippen LogP contribution is -2.50. The molecule has 0 aromatic carbocycles. The molecule has 1 aromatic rings. The van der Waals surface area contributed by atoms with E-state index in [0.29, 0.717) is 0 Å². The van der Waals surface area contributed by atoms with Gasteiger partial charge in [-0.1, -0.05) is 11.6 Å². The van der Waals surface area contributed by atoms with Crippen LogP contribution < -0.4 is 5.32 Å². The van der Waals surface area contributed by atoms with Crippen molar-refractivity contribution in [2.45, 2.75) is 58.2 Å². The first kappa shape index (κ1) is 17.6. The van der Waals surface area contributed by atoms with Gasteiger partial charge >= 0.3 is 6.09 Å². The number of nitrogens with one attached hydrogen (secondary N) is 1. The van der Waals surface area contributed by atoms with Crippen LogP contribution >= 0.6 is 22.9 Å². The van der Waals surface area contributed by atoms with Gasteiger partial charge in [0.2, 0.25) is 0 Å². The Morgan fingerprint density at radius 3 is 2.91 bits per heavy atom. The van der Waals surface area contributed by atoms with Crippen molar-refractivity contribution in [1.29, 1.82) is 0 Å². The molecule has 2 heterocycles. The van der Waals surface area contributed by atoms with Gasteiger partial charge in [0.15, 0.2) is 0 Å². The van der Waals surface area contributed by atoms with E-state index in [1.807, 2.05) is 37.1 Å². The summed E-state index contributed by atoms with van der Waals surface area (Å²) < 4.78 is 5.52. The molecular formula is C16H25ClN2O2S. The van der Waals surface area contributed by atoms with Gasteiger partial charge in [-0.2, -0.15) is 0 Å². The van der Waals surface area contributed by atoms with Gasteiger partial charge in [-0.05, 0) is 46.1 Å². The molecule has 6 heteroatoms. The van der Waals surface area contributed by atoms with Gasteiger partial charge in [-0.15, -0.1) is 11.3 Å². The summed E-state index contributed by atoms with van der Waals surface area (Å²) in [4.78, 5) is 15.4. The number of halogens is 1. The van der Waals surface area contributed by atoms with Crippen LogP contribution in [0, 0.1) is 0 Å². The molecule has 1 aliphatic rings. The highest BCUT2D eigenvalue weighted by Crippen LogP contribution is 2.21. The lowest BCUT2D eigenvalue weighted by molar-refractivity contribution is 0.00994. The number of likely N-dealkylation sites (tertiary alicyclic amines) is 1. The summed E-state index contributed by atoms with van der Waals surface area (Å²) in [5, 5.41) is 6.16. The standard InChI is InChI=1S/C16H25ClN2O2S/c1-16(2,3)21-15(20)19-7-5-4-6-13(19)9-18-10-14-8-12(17)11-22-14/h8,11,13,18H,4-7,9-10H2,1-3H3. The van der Waals surface area contributed by atoms with E-state index in [1.54, 1.807) is 11.3 Å². The Morgan fingerprint density at radius 2 is 2.27 bits per heavy atom. The second-order valence-corrected chi connectivity index (χ2v) is 8.12. The highest BCUT2D eigenvalue weighted by Gasteiger charge is 2.30. The molecule has 0 saturated carbocycles. The Bertz CT molecular complexity index is 499. The van der Waals surface area contributed by atoms with Gasteiger partial charge in [0.1, 0.15) is 5.60 Å². The molecule has 2 rings (SSSR count). The fraction of sp³-hybridized carbons (Fsp3) is 0.688. The molecule has 22 heavy (non-hydrogen) atoms. The van der Waals surface area contributed by atoms with E-state index >= 15 is 0 Å². The van der Waals surface area contributed by atoms with E-state index in [-0.39, 0.29) is 12.1 Å². The number of hydrogen-bond acceptors (Lipinski definition) is 4. The fourth-order valence-electron chi connectivity index (χ4n) is 2.58. The summed E-state index contributed by atoms with van der Waals surface area (Å²) in [5.41, 5.74) is -0.444. The van der Waals surface area contributed by atoms with E-state index in [2.05, 4.69) is 5.32 Å². The summed E-state index contributed by atoms with van der Waals surface area (Å²) in [5.74, 6) is 0. The maximum absolute atomic E-state index is 12.3. The zero-order chi connectivity index (χ0) is 16.2. The first-order chi connectivity index (χ1) is 10.3. The van der Waals surface area contributed by atoms with Gasteiger partial charge in [0, 0.05) is 35.9 Å². The number of nitrogens with zero attached hydrogens (tertiary/aromatic N) is 1. The lowest BCUT2D eigenvalue weighted by atomic mass is 10.0. The normalized spacial score (nSPS) is 19.3. The first-order valence-corrected chi connectivity index (χ1v) is 9.04. The maximum atomic E-state index is 12.3. The number of thiophene rings is 1. The van der Waals surface area contributed by atoms with Crippen molar-refractivity contribution in [1.82, 2.24) is 10.2 Å². The molecule has 1 amide bonds. The van der Waals surface area contributed by atoms with Gasteiger partial charge in [-0.25, -0.2) is 4.79 Å². The van der Waals surface area contributed by atoms with Gasteiger partial charge in [-0.3, -0.25) is 0 Å². The van der Waals surface area contributed by atoms with Crippen molar-refractivity contribution in [3.05, 3.63) is 21.3 Å². The minimum absolute atomic E-state index is 0.196. The number of carbonyl (C=O) groups excluding carboxylic acids is 1. The van der Waals surface area contributed by atoms with E-state index < -0.39 is 5.60 Å². The molecule has 4 nitrogen and oxygen atoms in total. The fourth-order valence-corrected chi connectivity index (χ4v) is 3.62. The number of ether oxygens (including phenoxy) is 1. The number of rotatable bonds is 4. The molecule has 0 bridgehead atoms. The van der Waals surface area contributed by atoms with Crippen molar-refractivity contribution in [3.63, 3.8) is 0 Å². The predicted octanol–water partition coefficient (Wildman–Crippen LogP) is 4.28. The highest BCUT2D eigenvalue weighted by atomic mass is 35.5. The second kappa shape index (κ2) is 7.66. The average Bonchev–Trinajstić information content (AvgIpc) is 2.83.